The molecule has 0 radical (unpaired) electrons. The molecule has 1 heterocycles. The van der Waals surface area contributed by atoms with Crippen molar-refractivity contribution in [2.75, 3.05) is 44.8 Å². The summed E-state index contributed by atoms with van der Waals surface area (Å²) in [7, 11) is 0. The molecule has 2 aromatic carbocycles. The van der Waals surface area contributed by atoms with Crippen molar-refractivity contribution in [1.29, 1.82) is 5.26 Å². The van der Waals surface area contributed by atoms with Crippen LogP contribution in [0.3, 0.4) is 0 Å². The topological polar surface area (TPSA) is 104 Å². The van der Waals surface area contributed by atoms with Crippen molar-refractivity contribution in [2.45, 2.75) is 38.8 Å². The van der Waals surface area contributed by atoms with E-state index in [-0.39, 0.29) is 30.6 Å². The fourth-order valence-corrected chi connectivity index (χ4v) is 4.07. The number of piperidine rings is 1. The molecule has 1 aliphatic rings. The Morgan fingerprint density at radius 2 is 2.06 bits per heavy atom. The number of benzene rings is 2. The Kier molecular flexibility index (Phi) is 9.70. The van der Waals surface area contributed by atoms with E-state index in [4.69, 9.17) is 19.5 Å². The minimum atomic E-state index is -1.16. The van der Waals surface area contributed by atoms with Gasteiger partial charge in [-0.15, -0.1) is 0 Å². The molecule has 2 N–H and O–H groups in total. The van der Waals surface area contributed by atoms with Crippen LogP contribution >= 0.6 is 0 Å². The highest BCUT2D eigenvalue weighted by molar-refractivity contribution is 5.81. The molecule has 9 heteroatoms. The van der Waals surface area contributed by atoms with E-state index in [9.17, 15) is 9.90 Å². The van der Waals surface area contributed by atoms with Crippen LogP contribution in [0.1, 0.15) is 43.9 Å². The van der Waals surface area contributed by atoms with Crippen LogP contribution in [0.25, 0.3) is 0 Å². The zero-order chi connectivity index (χ0) is 25.2. The maximum Gasteiger partial charge on any atom is 0.333 e. The lowest BCUT2D eigenvalue weighted by Crippen LogP contribution is -2.42. The minimum Gasteiger partial charge on any atom is -0.494 e. The van der Waals surface area contributed by atoms with Gasteiger partial charge in [-0.25, -0.2) is 9.18 Å². The molecule has 0 amide bonds. The number of esters is 1. The van der Waals surface area contributed by atoms with E-state index in [0.29, 0.717) is 36.7 Å². The first-order valence-corrected chi connectivity index (χ1v) is 11.9. The number of anilines is 1. The number of hydrogen-bond acceptors (Lipinski definition) is 8. The number of halogens is 1. The first kappa shape index (κ1) is 26.3. The summed E-state index contributed by atoms with van der Waals surface area (Å²) in [6.07, 6.45) is 1.36. The largest absolute Gasteiger partial charge is 0.494 e. The average molecular weight is 486 g/mol. The van der Waals surface area contributed by atoms with Crippen LogP contribution in [-0.2, 0) is 9.53 Å². The molecule has 188 valence electrons. The van der Waals surface area contributed by atoms with E-state index in [1.165, 1.54) is 12.1 Å². The van der Waals surface area contributed by atoms with Gasteiger partial charge in [-0.1, -0.05) is 0 Å². The summed E-state index contributed by atoms with van der Waals surface area (Å²) in [5.74, 6) is -0.954. The zero-order valence-electron chi connectivity index (χ0n) is 20.1. The number of rotatable bonds is 11. The van der Waals surface area contributed by atoms with Crippen molar-refractivity contribution in [3.05, 3.63) is 53.3 Å². The van der Waals surface area contributed by atoms with Gasteiger partial charge in [0, 0.05) is 30.4 Å². The third-order valence-corrected chi connectivity index (χ3v) is 5.68. The Labute approximate surface area is 205 Å². The summed E-state index contributed by atoms with van der Waals surface area (Å²) < 4.78 is 32.8. The number of aliphatic hydroxyl groups is 1. The van der Waals surface area contributed by atoms with Crippen LogP contribution in [0.4, 0.5) is 10.1 Å². The summed E-state index contributed by atoms with van der Waals surface area (Å²) in [6.45, 7) is 5.98. The summed E-state index contributed by atoms with van der Waals surface area (Å²) >= 11 is 0. The fourth-order valence-electron chi connectivity index (χ4n) is 4.07. The van der Waals surface area contributed by atoms with Gasteiger partial charge in [0.15, 0.2) is 17.6 Å². The summed E-state index contributed by atoms with van der Waals surface area (Å²) in [5.41, 5.74) is 1.03. The second-order valence-corrected chi connectivity index (χ2v) is 8.18. The SMILES string of the molecule is CCOC(=O)C(Nc1ccc(C#N)cc1)c1cc(OCC)cc(OC2CCCN(CCO)C2)c1F. The Hall–Kier alpha value is -3.35. The highest BCUT2D eigenvalue weighted by Gasteiger charge is 2.30. The number of nitriles is 1. The summed E-state index contributed by atoms with van der Waals surface area (Å²) in [5, 5.41) is 21.3. The van der Waals surface area contributed by atoms with Gasteiger partial charge in [0.1, 0.15) is 11.9 Å². The summed E-state index contributed by atoms with van der Waals surface area (Å²) in [4.78, 5) is 15.0. The minimum absolute atomic E-state index is 0.00211. The number of nitrogens with zero attached hydrogens (tertiary/aromatic N) is 2. The standard InChI is InChI=1S/C26H32FN3O5/c1-3-33-21-14-22(24(27)23(15-21)35-20-6-5-11-30(17-20)12-13-31)25(26(32)34-4-2)29-19-9-7-18(16-28)8-10-19/h7-10,14-15,20,25,29,31H,3-6,11-13,17H2,1-2H3. The molecule has 1 aliphatic heterocycles. The van der Waals surface area contributed by atoms with Gasteiger partial charge in [-0.2, -0.15) is 5.26 Å². The van der Waals surface area contributed by atoms with E-state index >= 15 is 4.39 Å². The molecular formula is C26H32FN3O5. The highest BCUT2D eigenvalue weighted by Crippen LogP contribution is 2.35. The molecule has 0 bridgehead atoms. The molecular weight excluding hydrogens is 453 g/mol. The van der Waals surface area contributed by atoms with Gasteiger partial charge in [-0.3, -0.25) is 4.90 Å². The Morgan fingerprint density at radius 1 is 1.29 bits per heavy atom. The first-order valence-electron chi connectivity index (χ1n) is 11.9. The van der Waals surface area contributed by atoms with Gasteiger partial charge >= 0.3 is 5.97 Å². The maximum absolute atomic E-state index is 15.8. The number of carbonyl (C=O) groups is 1. The third kappa shape index (κ3) is 7.07. The molecule has 0 aliphatic carbocycles. The number of nitrogens with one attached hydrogen (secondary N) is 1. The van der Waals surface area contributed by atoms with Crippen molar-refractivity contribution in [3.63, 3.8) is 0 Å². The second-order valence-electron chi connectivity index (χ2n) is 8.18. The lowest BCUT2D eigenvalue weighted by atomic mass is 10.0. The maximum atomic E-state index is 15.8. The fraction of sp³-hybridized carbons (Fsp3) is 0.462. The Bertz CT molecular complexity index is 1020. The van der Waals surface area contributed by atoms with Crippen molar-refractivity contribution in [1.82, 2.24) is 4.90 Å². The average Bonchev–Trinajstić information content (AvgIpc) is 2.86. The van der Waals surface area contributed by atoms with Crippen LogP contribution in [0.2, 0.25) is 0 Å². The van der Waals surface area contributed by atoms with Crippen LogP contribution in [0.15, 0.2) is 36.4 Å². The predicted molar refractivity (Wildman–Crippen MR) is 129 cm³/mol. The highest BCUT2D eigenvalue weighted by atomic mass is 19.1. The van der Waals surface area contributed by atoms with Gasteiger partial charge in [0.05, 0.1) is 31.5 Å². The normalized spacial score (nSPS) is 16.7. The number of likely N-dealkylation sites (tertiary alicyclic amines) is 1. The molecule has 1 saturated heterocycles. The summed E-state index contributed by atoms with van der Waals surface area (Å²) in [6, 6.07) is 10.3. The van der Waals surface area contributed by atoms with Gasteiger partial charge < -0.3 is 24.6 Å². The number of ether oxygens (including phenoxy) is 3. The van der Waals surface area contributed by atoms with Crippen molar-refractivity contribution >= 4 is 11.7 Å². The van der Waals surface area contributed by atoms with E-state index < -0.39 is 17.8 Å². The lowest BCUT2D eigenvalue weighted by Gasteiger charge is -2.32. The molecule has 35 heavy (non-hydrogen) atoms. The van der Waals surface area contributed by atoms with Crippen molar-refractivity contribution in [2.24, 2.45) is 0 Å². The molecule has 0 aromatic heterocycles. The Balaban J connectivity index is 1.95. The van der Waals surface area contributed by atoms with Crippen molar-refractivity contribution < 1.29 is 28.5 Å². The van der Waals surface area contributed by atoms with E-state index in [1.54, 1.807) is 31.2 Å². The van der Waals surface area contributed by atoms with Crippen LogP contribution in [-0.4, -0.2) is 61.5 Å². The second kappa shape index (κ2) is 12.9. The number of β-amino-alcohol motifs (C(OH)–C–C–N with tert-alkyl or cyclic N) is 1. The van der Waals surface area contributed by atoms with E-state index in [2.05, 4.69) is 10.2 Å². The van der Waals surface area contributed by atoms with Crippen LogP contribution < -0.4 is 14.8 Å². The van der Waals surface area contributed by atoms with Gasteiger partial charge in [0.2, 0.25) is 0 Å². The van der Waals surface area contributed by atoms with Gasteiger partial charge in [0.25, 0.3) is 0 Å². The number of aliphatic hydroxyl groups excluding tert-OH is 1. The number of carbonyl (C=O) groups excluding carboxylic acids is 1. The van der Waals surface area contributed by atoms with Crippen molar-refractivity contribution in [3.8, 4) is 17.6 Å². The number of hydrogen-bond donors (Lipinski definition) is 2. The zero-order valence-corrected chi connectivity index (χ0v) is 20.1. The third-order valence-electron chi connectivity index (χ3n) is 5.68. The monoisotopic (exact) mass is 485 g/mol. The molecule has 2 unspecified atom stereocenters. The smallest absolute Gasteiger partial charge is 0.333 e. The van der Waals surface area contributed by atoms with E-state index in [0.717, 1.165) is 19.4 Å². The molecule has 2 aromatic rings. The molecule has 8 nitrogen and oxygen atoms in total. The quantitative estimate of drug-likeness (QED) is 0.465. The van der Waals surface area contributed by atoms with Gasteiger partial charge in [-0.05, 0) is 63.6 Å². The first-order chi connectivity index (χ1) is 17.0. The Morgan fingerprint density at radius 3 is 2.71 bits per heavy atom. The molecule has 1 fully saturated rings. The van der Waals surface area contributed by atoms with Crippen LogP contribution in [0.5, 0.6) is 11.5 Å². The lowest BCUT2D eigenvalue weighted by molar-refractivity contribution is -0.144. The van der Waals surface area contributed by atoms with Crippen LogP contribution in [0, 0.1) is 17.1 Å². The van der Waals surface area contributed by atoms with E-state index in [1.807, 2.05) is 13.0 Å². The molecule has 3 rings (SSSR count). The predicted octanol–water partition coefficient (Wildman–Crippen LogP) is 3.65. The molecule has 0 saturated carbocycles. The molecule has 2 atom stereocenters. The molecule has 0 spiro atoms.